The SMILES string of the molecule is CCCCCCCCCCCCCCCCCCCCCCCCCc1cccc(C2=C(C)C(CCCC)=C(c3cccc(CCCCCCCC)c3)[N+]2=[N-])c1.[Pd+2].[c-]1ccccc1.[c-]1ccccc1. The number of rotatable bonds is 36. The monoisotopic (exact) mass is 1020 g/mol. The standard InChI is InChI=1S/C54H88N2.2C6H5.Pd/c1-5-8-11-13-15-16-17-18-19-20-21-22-23-24-25-26-27-28-29-30-31-33-35-38-48-40-36-42-50(45-48)53-47(4)52(44-10-7-3)54(56(53)55)51-43-37-41-49(46-51)39-34-32-14-12-9-6-2;2*1-2-4-6-5-3-1;/h36-37,40-43,45-46H,5-35,38-39,44H2,1-4H3;2*1-5H;/q;2*-1;+2. The van der Waals surface area contributed by atoms with Gasteiger partial charge in [0.1, 0.15) is 0 Å². The predicted octanol–water partition coefficient (Wildman–Crippen LogP) is 21.5. The van der Waals surface area contributed by atoms with Crippen LogP contribution in [-0.4, -0.2) is 4.70 Å². The molecule has 2 nitrogen and oxygen atoms in total. The maximum Gasteiger partial charge on any atom is 2.00 e. The first kappa shape index (κ1) is 61.7. The molecule has 0 fully saturated rings. The third-order valence-corrected chi connectivity index (χ3v) is 13.8. The maximum absolute atomic E-state index is 11.9. The van der Waals surface area contributed by atoms with Crippen LogP contribution in [-0.2, 0) is 33.3 Å². The second kappa shape index (κ2) is 43.4. The van der Waals surface area contributed by atoms with Crippen molar-refractivity contribution < 1.29 is 25.1 Å². The fraction of sp³-hybridized carbons (Fsp3) is 0.576. The van der Waals surface area contributed by atoms with Crippen molar-refractivity contribution in [2.75, 3.05) is 0 Å². The van der Waals surface area contributed by atoms with E-state index in [0.717, 1.165) is 54.6 Å². The van der Waals surface area contributed by atoms with E-state index in [9.17, 15) is 5.53 Å². The van der Waals surface area contributed by atoms with Crippen LogP contribution in [0, 0.1) is 12.1 Å². The molecular weight excluding hydrogens is 927 g/mol. The summed E-state index contributed by atoms with van der Waals surface area (Å²) in [5, 5.41) is 0. The molecule has 0 N–H and O–H groups in total. The van der Waals surface area contributed by atoms with Crippen LogP contribution >= 0.6 is 0 Å². The van der Waals surface area contributed by atoms with Gasteiger partial charge in [-0.15, -0.1) is 0 Å². The van der Waals surface area contributed by atoms with E-state index in [1.165, 1.54) is 213 Å². The average Bonchev–Trinajstić information content (AvgIpc) is 3.63. The van der Waals surface area contributed by atoms with Gasteiger partial charge in [0, 0.05) is 22.3 Å². The molecule has 0 radical (unpaired) electrons. The van der Waals surface area contributed by atoms with Crippen LogP contribution in [0.1, 0.15) is 255 Å². The summed E-state index contributed by atoms with van der Waals surface area (Å²) in [5.74, 6) is 0. The fourth-order valence-corrected chi connectivity index (χ4v) is 9.67. The van der Waals surface area contributed by atoms with Crippen LogP contribution in [0.4, 0.5) is 0 Å². The van der Waals surface area contributed by atoms with E-state index in [2.05, 4.69) is 88.4 Å². The minimum Gasteiger partial charge on any atom is -0.493 e. The van der Waals surface area contributed by atoms with E-state index < -0.39 is 0 Å². The van der Waals surface area contributed by atoms with E-state index in [0.29, 0.717) is 0 Å². The van der Waals surface area contributed by atoms with Gasteiger partial charge in [-0.25, -0.2) is 4.70 Å². The van der Waals surface area contributed by atoms with Gasteiger partial charge in [0.2, 0.25) is 11.4 Å². The van der Waals surface area contributed by atoms with Crippen molar-refractivity contribution in [3.8, 4) is 0 Å². The zero-order chi connectivity index (χ0) is 48.4. The third kappa shape index (κ3) is 28.9. The Labute approximate surface area is 440 Å². The topological polar surface area (TPSA) is 25.3 Å². The summed E-state index contributed by atoms with van der Waals surface area (Å²) in [6, 6.07) is 43.0. The van der Waals surface area contributed by atoms with Gasteiger partial charge in [0.15, 0.2) is 0 Å². The second-order valence-corrected chi connectivity index (χ2v) is 19.8. The van der Waals surface area contributed by atoms with Crippen LogP contribution in [0.2, 0.25) is 0 Å². The summed E-state index contributed by atoms with van der Waals surface area (Å²) in [4.78, 5) is 0. The van der Waals surface area contributed by atoms with Crippen molar-refractivity contribution in [3.05, 3.63) is 160 Å². The van der Waals surface area contributed by atoms with E-state index in [1.54, 1.807) is 0 Å². The van der Waals surface area contributed by atoms with Gasteiger partial charge in [-0.1, -0.05) is 225 Å². The molecular formula is C66H98N2Pd. The van der Waals surface area contributed by atoms with Gasteiger partial charge < -0.3 is 5.53 Å². The Morgan fingerprint density at radius 2 is 0.681 bits per heavy atom. The molecule has 4 aromatic carbocycles. The molecule has 1 aliphatic rings. The smallest absolute Gasteiger partial charge is 0.493 e. The Morgan fingerprint density at radius 1 is 0.362 bits per heavy atom. The first-order valence-corrected chi connectivity index (χ1v) is 28.5. The second-order valence-electron chi connectivity index (χ2n) is 19.8. The van der Waals surface area contributed by atoms with Crippen molar-refractivity contribution in [1.29, 1.82) is 0 Å². The molecule has 5 rings (SSSR count). The predicted molar refractivity (Wildman–Crippen MR) is 299 cm³/mol. The summed E-state index contributed by atoms with van der Waals surface area (Å²) in [5.41, 5.74) is 21.4. The van der Waals surface area contributed by atoms with Crippen LogP contribution in [0.5, 0.6) is 0 Å². The van der Waals surface area contributed by atoms with Crippen LogP contribution in [0.15, 0.2) is 120 Å². The van der Waals surface area contributed by atoms with Gasteiger partial charge in [0.05, 0.1) is 0 Å². The van der Waals surface area contributed by atoms with Gasteiger partial charge in [0.25, 0.3) is 0 Å². The minimum absolute atomic E-state index is 0. The Balaban J connectivity index is 0.00000109. The maximum atomic E-state index is 11.9. The molecule has 1 heterocycles. The fourth-order valence-electron chi connectivity index (χ4n) is 9.67. The van der Waals surface area contributed by atoms with Gasteiger partial charge in [-0.2, -0.15) is 72.8 Å². The Bertz CT molecular complexity index is 1780. The molecule has 0 spiro atoms. The molecule has 0 bridgehead atoms. The van der Waals surface area contributed by atoms with Gasteiger partial charge >= 0.3 is 20.4 Å². The Morgan fingerprint density at radius 3 is 0.986 bits per heavy atom. The number of hydrogen-bond donors (Lipinski definition) is 0. The molecule has 382 valence electrons. The average molecular weight is 1030 g/mol. The van der Waals surface area contributed by atoms with Crippen molar-refractivity contribution >= 4 is 11.4 Å². The van der Waals surface area contributed by atoms with E-state index >= 15 is 0 Å². The molecule has 3 heteroatoms. The number of aryl methyl sites for hydroxylation is 2. The van der Waals surface area contributed by atoms with Crippen molar-refractivity contribution in [3.63, 3.8) is 0 Å². The van der Waals surface area contributed by atoms with E-state index in [1.807, 2.05) is 60.7 Å². The van der Waals surface area contributed by atoms with Crippen molar-refractivity contribution in [2.45, 2.75) is 246 Å². The molecule has 0 atom stereocenters. The van der Waals surface area contributed by atoms with E-state index in [4.69, 9.17) is 0 Å². The van der Waals surface area contributed by atoms with Gasteiger partial charge in [-0.3, -0.25) is 0 Å². The van der Waals surface area contributed by atoms with Gasteiger partial charge in [-0.05, 0) is 80.8 Å². The molecule has 0 amide bonds. The summed E-state index contributed by atoms with van der Waals surface area (Å²) < 4.78 is 1.53. The first-order chi connectivity index (χ1) is 33.6. The number of allylic oxidation sites excluding steroid dienone is 2. The largest absolute Gasteiger partial charge is 2.00 e. The summed E-state index contributed by atoms with van der Waals surface area (Å²) in [6.07, 6.45) is 46.3. The Hall–Kier alpha value is -3.38. The van der Waals surface area contributed by atoms with E-state index in [-0.39, 0.29) is 20.4 Å². The molecule has 0 aromatic heterocycles. The molecule has 1 aliphatic heterocycles. The number of unbranched alkanes of at least 4 members (excludes halogenated alkanes) is 28. The molecule has 0 aliphatic carbocycles. The van der Waals surface area contributed by atoms with Crippen LogP contribution in [0.25, 0.3) is 16.9 Å². The normalized spacial score (nSPS) is 12.1. The molecule has 0 saturated carbocycles. The minimum atomic E-state index is 0. The summed E-state index contributed by atoms with van der Waals surface area (Å²) >= 11 is 0. The van der Waals surface area contributed by atoms with Crippen molar-refractivity contribution in [2.24, 2.45) is 0 Å². The first-order valence-electron chi connectivity index (χ1n) is 28.5. The number of hydrogen-bond acceptors (Lipinski definition) is 0. The summed E-state index contributed by atoms with van der Waals surface area (Å²) in [7, 11) is 0. The van der Waals surface area contributed by atoms with Crippen molar-refractivity contribution in [1.82, 2.24) is 0 Å². The molecule has 69 heavy (non-hydrogen) atoms. The molecule has 0 unspecified atom stereocenters. The zero-order valence-electron chi connectivity index (χ0n) is 44.6. The Kier molecular flexibility index (Phi) is 38.8. The molecule has 4 aromatic rings. The van der Waals surface area contributed by atoms with Crippen LogP contribution in [0.3, 0.4) is 0 Å². The van der Waals surface area contributed by atoms with Crippen LogP contribution < -0.4 is 0 Å². The molecule has 0 saturated heterocycles. The third-order valence-electron chi connectivity index (χ3n) is 13.8. The number of nitrogens with zero attached hydrogens (tertiary/aromatic N) is 2. The zero-order valence-corrected chi connectivity index (χ0v) is 46.2. The number of benzene rings is 4. The summed E-state index contributed by atoms with van der Waals surface area (Å²) in [6.45, 7) is 9.08. The quantitative estimate of drug-likeness (QED) is 0.0188.